The van der Waals surface area contributed by atoms with Gasteiger partial charge < -0.3 is 18.6 Å². The minimum absolute atomic E-state index is 0.0822. The van der Waals surface area contributed by atoms with Crippen LogP contribution in [0.4, 0.5) is 0 Å². The molecule has 0 saturated carbocycles. The molecule has 0 N–H and O–H groups in total. The largest absolute Gasteiger partial charge is 0.487 e. The van der Waals surface area contributed by atoms with E-state index in [9.17, 15) is 4.79 Å². The van der Waals surface area contributed by atoms with E-state index in [1.54, 1.807) is 6.92 Å². The lowest BCUT2D eigenvalue weighted by Crippen LogP contribution is -2.38. The number of ketones is 1. The highest BCUT2D eigenvalue weighted by atomic mass is 16.5. The van der Waals surface area contributed by atoms with Gasteiger partial charge in [0.2, 0.25) is 11.3 Å². The van der Waals surface area contributed by atoms with E-state index in [0.29, 0.717) is 47.3 Å². The van der Waals surface area contributed by atoms with Gasteiger partial charge in [-0.25, -0.2) is 4.98 Å². The van der Waals surface area contributed by atoms with Crippen LogP contribution < -0.4 is 9.47 Å². The molecule has 2 aromatic carbocycles. The monoisotopic (exact) mass is 452 g/mol. The number of rotatable bonds is 10. The van der Waals surface area contributed by atoms with Crippen LogP contribution in [-0.4, -0.2) is 61.7 Å². The summed E-state index contributed by atoms with van der Waals surface area (Å²) in [5.74, 6) is 1.16. The topological polar surface area (TPSA) is 74.0 Å². The highest BCUT2D eigenvalue weighted by molar-refractivity contribution is 6.04. The smallest absolute Gasteiger partial charge is 0.207 e. The fourth-order valence-electron chi connectivity index (χ4n) is 4.26. The molecule has 7 heteroatoms. The molecule has 0 bridgehead atoms. The molecule has 7 nitrogen and oxygen atoms in total. The van der Waals surface area contributed by atoms with Crippen molar-refractivity contribution >= 4 is 16.9 Å². The molecular weight excluding hydrogens is 420 g/mol. The van der Waals surface area contributed by atoms with E-state index >= 15 is 0 Å². The van der Waals surface area contributed by atoms with Gasteiger partial charge in [-0.3, -0.25) is 9.69 Å². The van der Waals surface area contributed by atoms with Crippen LogP contribution in [0.25, 0.3) is 11.1 Å². The Balaban J connectivity index is 1.56. The normalized spacial score (nSPS) is 15.5. The number of nitrogens with zero attached hydrogens (tertiary/aromatic N) is 2. The van der Waals surface area contributed by atoms with Crippen LogP contribution in [0.1, 0.15) is 47.7 Å². The first-order valence-corrected chi connectivity index (χ1v) is 11.6. The summed E-state index contributed by atoms with van der Waals surface area (Å²) in [6.07, 6.45) is 2.20. The molecular formula is C26H32N2O5. The van der Waals surface area contributed by atoms with Gasteiger partial charge in [0.15, 0.2) is 17.9 Å². The molecule has 0 amide bonds. The van der Waals surface area contributed by atoms with E-state index in [1.807, 2.05) is 25.1 Å². The first-order chi connectivity index (χ1) is 16.1. The molecule has 1 unspecified atom stereocenters. The molecule has 2 heterocycles. The average Bonchev–Trinajstić information content (AvgIpc) is 3.32. The van der Waals surface area contributed by atoms with Gasteiger partial charge in [-0.05, 0) is 37.3 Å². The van der Waals surface area contributed by atoms with Gasteiger partial charge in [0.1, 0.15) is 12.1 Å². The molecule has 33 heavy (non-hydrogen) atoms. The number of fused-ring (bicyclic) bond motifs is 1. The van der Waals surface area contributed by atoms with Gasteiger partial charge in [0.05, 0.1) is 25.4 Å². The molecule has 3 aromatic rings. The third-order valence-electron chi connectivity index (χ3n) is 6.21. The number of carbonyl (C=O) groups excluding carboxylic acids is 1. The van der Waals surface area contributed by atoms with E-state index in [1.165, 1.54) is 12.0 Å². The Hall–Kier alpha value is -2.90. The number of aryl methyl sites for hydroxylation is 1. The van der Waals surface area contributed by atoms with Crippen molar-refractivity contribution in [3.8, 4) is 11.5 Å². The van der Waals surface area contributed by atoms with Crippen molar-refractivity contribution < 1.29 is 23.4 Å². The van der Waals surface area contributed by atoms with E-state index in [2.05, 4.69) is 28.9 Å². The summed E-state index contributed by atoms with van der Waals surface area (Å²) in [5.41, 5.74) is 3.67. The predicted molar refractivity (Wildman–Crippen MR) is 126 cm³/mol. The van der Waals surface area contributed by atoms with Gasteiger partial charge in [-0.2, -0.15) is 0 Å². The Morgan fingerprint density at radius 2 is 1.85 bits per heavy atom. The first-order valence-electron chi connectivity index (χ1n) is 11.6. The molecule has 1 aromatic heterocycles. The third-order valence-corrected chi connectivity index (χ3v) is 6.21. The van der Waals surface area contributed by atoms with Gasteiger partial charge in [0, 0.05) is 19.6 Å². The second kappa shape index (κ2) is 10.8. The minimum Gasteiger partial charge on any atom is -0.487 e. The average molecular weight is 453 g/mol. The van der Waals surface area contributed by atoms with E-state index in [4.69, 9.17) is 18.6 Å². The lowest BCUT2D eigenvalue weighted by atomic mass is 9.98. The zero-order valence-corrected chi connectivity index (χ0v) is 19.6. The quantitative estimate of drug-likeness (QED) is 0.416. The van der Waals surface area contributed by atoms with E-state index in [0.717, 1.165) is 44.8 Å². The van der Waals surface area contributed by atoms with Crippen LogP contribution in [0.5, 0.6) is 11.5 Å². The molecule has 1 aliphatic heterocycles. The minimum atomic E-state index is -0.0822. The van der Waals surface area contributed by atoms with Gasteiger partial charge in [0.25, 0.3) is 0 Å². The molecule has 1 aliphatic rings. The molecule has 176 valence electrons. The van der Waals surface area contributed by atoms with Crippen molar-refractivity contribution in [2.24, 2.45) is 0 Å². The number of benzene rings is 2. The first kappa shape index (κ1) is 23.3. The Bertz CT molecular complexity index is 1070. The number of carbonyl (C=O) groups is 1. The zero-order chi connectivity index (χ0) is 23.2. The summed E-state index contributed by atoms with van der Waals surface area (Å²) >= 11 is 0. The van der Waals surface area contributed by atoms with E-state index < -0.39 is 0 Å². The van der Waals surface area contributed by atoms with Crippen molar-refractivity contribution in [2.45, 2.75) is 33.1 Å². The maximum absolute atomic E-state index is 12.6. The molecule has 0 spiro atoms. The fraction of sp³-hybridized carbons (Fsp3) is 0.462. The number of Topliss-reactive ketones (excluding diaryl/α,β-unsaturated/α-hetero) is 1. The highest BCUT2D eigenvalue weighted by Gasteiger charge is 2.26. The maximum Gasteiger partial charge on any atom is 0.207 e. The predicted octanol–water partition coefficient (Wildman–Crippen LogP) is 4.62. The second-order valence-corrected chi connectivity index (χ2v) is 8.50. The van der Waals surface area contributed by atoms with Crippen LogP contribution in [0.3, 0.4) is 0 Å². The zero-order valence-electron chi connectivity index (χ0n) is 19.6. The van der Waals surface area contributed by atoms with Crippen molar-refractivity contribution in [1.82, 2.24) is 9.88 Å². The van der Waals surface area contributed by atoms with Crippen molar-refractivity contribution in [3.05, 3.63) is 53.4 Å². The van der Waals surface area contributed by atoms with Gasteiger partial charge >= 0.3 is 0 Å². The lowest BCUT2D eigenvalue weighted by molar-refractivity contribution is 0.0320. The summed E-state index contributed by atoms with van der Waals surface area (Å²) < 4.78 is 23.6. The summed E-state index contributed by atoms with van der Waals surface area (Å²) in [5, 5.41) is 0. The van der Waals surface area contributed by atoms with Crippen LogP contribution in [-0.2, 0) is 4.74 Å². The Morgan fingerprint density at radius 1 is 1.12 bits per heavy atom. The van der Waals surface area contributed by atoms with Crippen LogP contribution in [0.2, 0.25) is 0 Å². The van der Waals surface area contributed by atoms with Crippen molar-refractivity contribution in [2.75, 3.05) is 46.1 Å². The number of oxazole rings is 1. The lowest BCUT2D eigenvalue weighted by Gasteiger charge is -2.26. The molecule has 0 aliphatic carbocycles. The van der Waals surface area contributed by atoms with Gasteiger partial charge in [-0.15, -0.1) is 0 Å². The van der Waals surface area contributed by atoms with Crippen LogP contribution in [0, 0.1) is 6.92 Å². The number of morpholine rings is 1. The standard InChI is InChI=1S/C26H32N2O5/c1-18(21-7-5-4-6-8-21)9-13-31-26-24(32-16-12-28-10-14-30-15-11-28)22(20(3)29)19(2)23-25(26)33-17-27-23/h4-8,17-18H,9-16H2,1-3H3. The van der Waals surface area contributed by atoms with Crippen LogP contribution in [0.15, 0.2) is 41.1 Å². The summed E-state index contributed by atoms with van der Waals surface area (Å²) in [6, 6.07) is 10.4. The summed E-state index contributed by atoms with van der Waals surface area (Å²) in [4.78, 5) is 19.2. The summed E-state index contributed by atoms with van der Waals surface area (Å²) in [7, 11) is 0. The Labute approximate surface area is 194 Å². The summed E-state index contributed by atoms with van der Waals surface area (Å²) in [6.45, 7) is 10.5. The molecule has 1 fully saturated rings. The SMILES string of the molecule is CC(=O)c1c(OCCN2CCOCC2)c(OCCC(C)c2ccccc2)c2ocnc2c1C. The number of hydrogen-bond acceptors (Lipinski definition) is 7. The van der Waals surface area contributed by atoms with Crippen molar-refractivity contribution in [1.29, 1.82) is 0 Å². The molecule has 4 rings (SSSR count). The molecule has 1 atom stereocenters. The molecule has 0 radical (unpaired) electrons. The molecule has 1 saturated heterocycles. The fourth-order valence-corrected chi connectivity index (χ4v) is 4.26. The Kier molecular flexibility index (Phi) is 7.62. The number of hydrogen-bond donors (Lipinski definition) is 0. The highest BCUT2D eigenvalue weighted by Crippen LogP contribution is 2.42. The van der Waals surface area contributed by atoms with Crippen molar-refractivity contribution in [3.63, 3.8) is 0 Å². The number of ether oxygens (including phenoxy) is 3. The second-order valence-electron chi connectivity index (χ2n) is 8.50. The van der Waals surface area contributed by atoms with E-state index in [-0.39, 0.29) is 5.78 Å². The van der Waals surface area contributed by atoms with Gasteiger partial charge in [-0.1, -0.05) is 37.3 Å². The van der Waals surface area contributed by atoms with Crippen LogP contribution >= 0.6 is 0 Å². The third kappa shape index (κ3) is 5.37. The number of aromatic nitrogens is 1. The maximum atomic E-state index is 12.6. The Morgan fingerprint density at radius 3 is 2.58 bits per heavy atom.